The van der Waals surface area contributed by atoms with E-state index in [-0.39, 0.29) is 30.8 Å². The van der Waals surface area contributed by atoms with E-state index in [9.17, 15) is 14.4 Å². The van der Waals surface area contributed by atoms with Gasteiger partial charge in [0.2, 0.25) is 5.91 Å². The van der Waals surface area contributed by atoms with Crippen molar-refractivity contribution in [2.45, 2.75) is 26.7 Å². The van der Waals surface area contributed by atoms with E-state index in [1.54, 1.807) is 23.6 Å². The van der Waals surface area contributed by atoms with Crippen molar-refractivity contribution in [1.82, 2.24) is 9.80 Å². The molecule has 1 heterocycles. The maximum atomic E-state index is 12.0. The van der Waals surface area contributed by atoms with Gasteiger partial charge < -0.3 is 19.6 Å². The fourth-order valence-corrected chi connectivity index (χ4v) is 2.15. The zero-order valence-electron chi connectivity index (χ0n) is 12.0. The minimum Gasteiger partial charge on any atom is -0.481 e. The second-order valence-electron chi connectivity index (χ2n) is 4.97. The summed E-state index contributed by atoms with van der Waals surface area (Å²) < 4.78 is 4.90. The normalized spacial score (nSPS) is 16.7. The SMILES string of the molecule is CCOC(=O)N1CCN(C(=O)CC(C)CC(=O)O)CC1. The molecule has 1 rings (SSSR count). The molecule has 1 fully saturated rings. The topological polar surface area (TPSA) is 87.2 Å². The number of hydrogen-bond donors (Lipinski definition) is 1. The third-order valence-corrected chi connectivity index (χ3v) is 3.20. The zero-order valence-corrected chi connectivity index (χ0v) is 12.0. The second-order valence-corrected chi connectivity index (χ2v) is 4.97. The molecule has 114 valence electrons. The van der Waals surface area contributed by atoms with Crippen LogP contribution in [0, 0.1) is 5.92 Å². The van der Waals surface area contributed by atoms with Crippen LogP contribution in [0.5, 0.6) is 0 Å². The van der Waals surface area contributed by atoms with Crippen LogP contribution < -0.4 is 0 Å². The first kappa shape index (κ1) is 16.3. The predicted molar refractivity (Wildman–Crippen MR) is 71.2 cm³/mol. The molecular formula is C13H22N2O5. The van der Waals surface area contributed by atoms with Crippen LogP contribution in [0.25, 0.3) is 0 Å². The van der Waals surface area contributed by atoms with E-state index in [2.05, 4.69) is 0 Å². The molecule has 0 aromatic carbocycles. The number of carboxylic acid groups (broad SMARTS) is 1. The lowest BCUT2D eigenvalue weighted by atomic mass is 10.0. The molecule has 0 saturated carbocycles. The number of ether oxygens (including phenoxy) is 1. The van der Waals surface area contributed by atoms with E-state index in [1.807, 2.05) is 0 Å². The highest BCUT2D eigenvalue weighted by Crippen LogP contribution is 2.12. The van der Waals surface area contributed by atoms with Gasteiger partial charge in [0, 0.05) is 39.0 Å². The van der Waals surface area contributed by atoms with Crippen molar-refractivity contribution in [2.75, 3.05) is 32.8 Å². The van der Waals surface area contributed by atoms with E-state index in [4.69, 9.17) is 9.84 Å². The van der Waals surface area contributed by atoms with Crippen LogP contribution in [0.1, 0.15) is 26.7 Å². The summed E-state index contributed by atoms with van der Waals surface area (Å²) in [6, 6.07) is 0. The van der Waals surface area contributed by atoms with Crippen LogP contribution >= 0.6 is 0 Å². The fraction of sp³-hybridized carbons (Fsp3) is 0.769. The van der Waals surface area contributed by atoms with E-state index < -0.39 is 5.97 Å². The molecule has 1 aliphatic rings. The largest absolute Gasteiger partial charge is 0.481 e. The molecule has 0 aromatic rings. The highest BCUT2D eigenvalue weighted by atomic mass is 16.6. The van der Waals surface area contributed by atoms with Gasteiger partial charge in [-0.1, -0.05) is 6.92 Å². The van der Waals surface area contributed by atoms with Gasteiger partial charge in [-0.2, -0.15) is 0 Å². The molecular weight excluding hydrogens is 264 g/mol. The molecule has 0 bridgehead atoms. The predicted octanol–water partition coefficient (Wildman–Crippen LogP) is 0.788. The lowest BCUT2D eigenvalue weighted by Crippen LogP contribution is -2.51. The van der Waals surface area contributed by atoms with Gasteiger partial charge >= 0.3 is 12.1 Å². The Balaban J connectivity index is 2.35. The van der Waals surface area contributed by atoms with Crippen molar-refractivity contribution < 1.29 is 24.2 Å². The minimum atomic E-state index is -0.891. The first-order chi connectivity index (χ1) is 9.43. The molecule has 1 N–H and O–H groups in total. The fourth-order valence-electron chi connectivity index (χ4n) is 2.15. The van der Waals surface area contributed by atoms with Crippen LogP contribution in [0.3, 0.4) is 0 Å². The lowest BCUT2D eigenvalue weighted by Gasteiger charge is -2.34. The Labute approximate surface area is 118 Å². The number of nitrogens with zero attached hydrogens (tertiary/aromatic N) is 2. The summed E-state index contributed by atoms with van der Waals surface area (Å²) in [7, 11) is 0. The highest BCUT2D eigenvalue weighted by Gasteiger charge is 2.25. The maximum Gasteiger partial charge on any atom is 0.409 e. The van der Waals surface area contributed by atoms with Crippen molar-refractivity contribution in [3.8, 4) is 0 Å². The number of carbonyl (C=O) groups is 3. The molecule has 0 spiro atoms. The average Bonchev–Trinajstić information content (AvgIpc) is 2.38. The summed E-state index contributed by atoms with van der Waals surface area (Å²) in [6.45, 7) is 5.69. The number of aliphatic carboxylic acids is 1. The molecule has 1 saturated heterocycles. The second kappa shape index (κ2) is 7.72. The Bertz CT molecular complexity index is 364. The standard InChI is InChI=1S/C13H22N2O5/c1-3-20-13(19)15-6-4-14(5-7-15)11(16)8-10(2)9-12(17)18/h10H,3-9H2,1-2H3,(H,17,18). The first-order valence-electron chi connectivity index (χ1n) is 6.85. The van der Waals surface area contributed by atoms with Crippen LogP contribution in [0.4, 0.5) is 4.79 Å². The number of carbonyl (C=O) groups excluding carboxylic acids is 2. The summed E-state index contributed by atoms with van der Waals surface area (Å²) in [4.78, 5) is 37.3. The Morgan fingerprint density at radius 2 is 1.65 bits per heavy atom. The highest BCUT2D eigenvalue weighted by molar-refractivity contribution is 5.78. The van der Waals surface area contributed by atoms with Gasteiger partial charge in [-0.25, -0.2) is 4.79 Å². The number of hydrogen-bond acceptors (Lipinski definition) is 4. The molecule has 7 nitrogen and oxygen atoms in total. The summed E-state index contributed by atoms with van der Waals surface area (Å²) in [5.41, 5.74) is 0. The summed E-state index contributed by atoms with van der Waals surface area (Å²) in [6.07, 6.45) is -0.126. The van der Waals surface area contributed by atoms with Gasteiger partial charge in [-0.3, -0.25) is 9.59 Å². The van der Waals surface area contributed by atoms with E-state index in [1.165, 1.54) is 0 Å². The molecule has 0 aliphatic carbocycles. The van der Waals surface area contributed by atoms with Gasteiger partial charge in [0.1, 0.15) is 0 Å². The van der Waals surface area contributed by atoms with Crippen LogP contribution in [-0.4, -0.2) is 65.7 Å². The van der Waals surface area contributed by atoms with Gasteiger partial charge in [0.05, 0.1) is 6.61 Å². The molecule has 0 radical (unpaired) electrons. The molecule has 0 aromatic heterocycles. The smallest absolute Gasteiger partial charge is 0.409 e. The van der Waals surface area contributed by atoms with Crippen LogP contribution in [0.15, 0.2) is 0 Å². The molecule has 2 amide bonds. The summed E-state index contributed by atoms with van der Waals surface area (Å²) in [5.74, 6) is -1.12. The third-order valence-electron chi connectivity index (χ3n) is 3.20. The van der Waals surface area contributed by atoms with Gasteiger partial charge in [-0.15, -0.1) is 0 Å². The summed E-state index contributed by atoms with van der Waals surface area (Å²) >= 11 is 0. The van der Waals surface area contributed by atoms with E-state index in [0.29, 0.717) is 32.8 Å². The quantitative estimate of drug-likeness (QED) is 0.807. The summed E-state index contributed by atoms with van der Waals surface area (Å²) in [5, 5.41) is 8.67. The van der Waals surface area contributed by atoms with Crippen molar-refractivity contribution >= 4 is 18.0 Å². The lowest BCUT2D eigenvalue weighted by molar-refractivity contribution is -0.139. The number of rotatable bonds is 5. The Morgan fingerprint density at radius 1 is 1.10 bits per heavy atom. The molecule has 7 heteroatoms. The van der Waals surface area contributed by atoms with E-state index >= 15 is 0 Å². The molecule has 20 heavy (non-hydrogen) atoms. The number of carboxylic acids is 1. The first-order valence-corrected chi connectivity index (χ1v) is 6.85. The van der Waals surface area contributed by atoms with E-state index in [0.717, 1.165) is 0 Å². The number of piperazine rings is 1. The third kappa shape index (κ3) is 5.07. The maximum absolute atomic E-state index is 12.0. The van der Waals surface area contributed by atoms with Crippen molar-refractivity contribution in [3.63, 3.8) is 0 Å². The Hall–Kier alpha value is -1.79. The van der Waals surface area contributed by atoms with Gasteiger partial charge in [0.15, 0.2) is 0 Å². The monoisotopic (exact) mass is 286 g/mol. The van der Waals surface area contributed by atoms with Gasteiger partial charge in [0.25, 0.3) is 0 Å². The number of amides is 2. The van der Waals surface area contributed by atoms with Crippen LogP contribution in [0.2, 0.25) is 0 Å². The van der Waals surface area contributed by atoms with Crippen molar-refractivity contribution in [3.05, 3.63) is 0 Å². The van der Waals surface area contributed by atoms with Gasteiger partial charge in [-0.05, 0) is 12.8 Å². The van der Waals surface area contributed by atoms with Crippen molar-refractivity contribution in [2.24, 2.45) is 5.92 Å². The molecule has 1 aliphatic heterocycles. The van der Waals surface area contributed by atoms with Crippen LogP contribution in [-0.2, 0) is 14.3 Å². The molecule has 1 unspecified atom stereocenters. The zero-order chi connectivity index (χ0) is 15.1. The Morgan fingerprint density at radius 3 is 2.15 bits per heavy atom. The minimum absolute atomic E-state index is 0.00543. The Kier molecular flexibility index (Phi) is 6.27. The average molecular weight is 286 g/mol. The van der Waals surface area contributed by atoms with Crippen molar-refractivity contribution in [1.29, 1.82) is 0 Å². The molecule has 1 atom stereocenters.